The fourth-order valence-electron chi connectivity index (χ4n) is 2.49. The number of aliphatic carboxylic acids is 1. The van der Waals surface area contributed by atoms with Crippen LogP contribution in [0.25, 0.3) is 0 Å². The van der Waals surface area contributed by atoms with E-state index in [0.717, 1.165) is 5.56 Å². The van der Waals surface area contributed by atoms with Crippen molar-refractivity contribution in [3.63, 3.8) is 0 Å². The van der Waals surface area contributed by atoms with Gasteiger partial charge >= 0.3 is 5.97 Å². The molecule has 1 aliphatic rings. The van der Waals surface area contributed by atoms with Gasteiger partial charge in [-0.3, -0.25) is 9.69 Å². The zero-order valence-electron chi connectivity index (χ0n) is 11.3. The number of anilines is 1. The lowest BCUT2D eigenvalue weighted by Crippen LogP contribution is -2.42. The number of hydrogen-bond donors (Lipinski definition) is 1. The Balaban J connectivity index is 2.01. The third-order valence-corrected chi connectivity index (χ3v) is 4.40. The summed E-state index contributed by atoms with van der Waals surface area (Å²) in [6.07, 6.45) is 0.333. The average Bonchev–Trinajstić information content (AvgIpc) is 3.11. The van der Waals surface area contributed by atoms with Crippen molar-refractivity contribution < 1.29 is 19.4 Å². The van der Waals surface area contributed by atoms with Gasteiger partial charge in [0.2, 0.25) is 0 Å². The molecule has 0 saturated carbocycles. The Morgan fingerprint density at radius 2 is 2.14 bits per heavy atom. The Bertz CT molecular complexity index is 709. The van der Waals surface area contributed by atoms with Crippen molar-refractivity contribution in [2.45, 2.75) is 12.5 Å². The van der Waals surface area contributed by atoms with Crippen LogP contribution in [0.5, 0.6) is 5.75 Å². The maximum atomic E-state index is 12.7. The number of fused-ring (bicyclic) bond motifs is 1. The topological polar surface area (TPSA) is 66.8 Å². The van der Waals surface area contributed by atoms with Gasteiger partial charge in [-0.2, -0.15) is 0 Å². The second-order valence-electron chi connectivity index (χ2n) is 4.71. The molecular weight excluding hydrogens is 290 g/mol. The molecule has 0 bridgehead atoms. The molecule has 2 aromatic rings. The highest BCUT2D eigenvalue weighted by Crippen LogP contribution is 2.35. The van der Waals surface area contributed by atoms with Crippen LogP contribution in [0.15, 0.2) is 35.7 Å². The van der Waals surface area contributed by atoms with E-state index in [2.05, 4.69) is 0 Å². The molecule has 5 nitrogen and oxygen atoms in total. The minimum absolute atomic E-state index is 0.305. The molecule has 1 aliphatic heterocycles. The zero-order chi connectivity index (χ0) is 15.0. The molecule has 0 aliphatic carbocycles. The van der Waals surface area contributed by atoms with Gasteiger partial charge in [0.25, 0.3) is 5.91 Å². The van der Waals surface area contributed by atoms with Gasteiger partial charge in [-0.25, -0.2) is 4.79 Å². The van der Waals surface area contributed by atoms with Crippen molar-refractivity contribution >= 4 is 28.9 Å². The van der Waals surface area contributed by atoms with E-state index in [1.54, 1.807) is 23.6 Å². The highest BCUT2D eigenvalue weighted by Gasteiger charge is 2.39. The number of carbonyl (C=O) groups is 2. The maximum absolute atomic E-state index is 12.7. The van der Waals surface area contributed by atoms with E-state index in [9.17, 15) is 14.7 Å². The summed E-state index contributed by atoms with van der Waals surface area (Å²) in [6.45, 7) is 0. The number of carboxylic acid groups (broad SMARTS) is 1. The standard InChI is InChI=1S/C15H13NO4S/c1-20-10-7-13(21-8-10)14(17)16-11-5-3-2-4-9(11)6-12(16)15(18)19/h2-5,7-8,12H,6H2,1H3,(H,18,19). The molecule has 1 N–H and O–H groups in total. The minimum Gasteiger partial charge on any atom is -0.496 e. The molecule has 21 heavy (non-hydrogen) atoms. The molecule has 108 valence electrons. The van der Waals surface area contributed by atoms with E-state index in [1.807, 2.05) is 12.1 Å². The summed E-state index contributed by atoms with van der Waals surface area (Å²) >= 11 is 1.25. The van der Waals surface area contributed by atoms with Crippen LogP contribution < -0.4 is 9.64 Å². The monoisotopic (exact) mass is 303 g/mol. The summed E-state index contributed by atoms with van der Waals surface area (Å²) in [5, 5.41) is 11.1. The summed E-state index contributed by atoms with van der Waals surface area (Å²) in [7, 11) is 1.53. The van der Waals surface area contributed by atoms with E-state index in [-0.39, 0.29) is 5.91 Å². The van der Waals surface area contributed by atoms with Crippen LogP contribution in [-0.2, 0) is 11.2 Å². The summed E-state index contributed by atoms with van der Waals surface area (Å²) < 4.78 is 5.07. The number of carboxylic acids is 1. The van der Waals surface area contributed by atoms with Crippen LogP contribution in [0.3, 0.4) is 0 Å². The summed E-state index contributed by atoms with van der Waals surface area (Å²) in [6, 6.07) is 8.06. The Morgan fingerprint density at radius 3 is 2.81 bits per heavy atom. The van der Waals surface area contributed by atoms with Crippen LogP contribution in [0.4, 0.5) is 5.69 Å². The molecule has 1 amide bonds. The van der Waals surface area contributed by atoms with Crippen LogP contribution in [-0.4, -0.2) is 30.1 Å². The molecule has 1 aromatic carbocycles. The second-order valence-corrected chi connectivity index (χ2v) is 5.62. The molecular formula is C15H13NO4S. The number of para-hydroxylation sites is 1. The van der Waals surface area contributed by atoms with E-state index in [1.165, 1.54) is 23.3 Å². The molecule has 0 spiro atoms. The lowest BCUT2D eigenvalue weighted by molar-refractivity contribution is -0.138. The number of carbonyl (C=O) groups excluding carboxylic acids is 1. The number of rotatable bonds is 3. The summed E-state index contributed by atoms with van der Waals surface area (Å²) in [4.78, 5) is 26.0. The molecule has 0 radical (unpaired) electrons. The quantitative estimate of drug-likeness (QED) is 0.945. The number of benzene rings is 1. The molecule has 1 atom stereocenters. The van der Waals surface area contributed by atoms with Gasteiger partial charge < -0.3 is 9.84 Å². The second kappa shape index (κ2) is 5.21. The molecule has 1 aromatic heterocycles. The summed E-state index contributed by atoms with van der Waals surface area (Å²) in [5.41, 5.74) is 1.55. The Labute approximate surface area is 125 Å². The molecule has 3 rings (SSSR count). The Kier molecular flexibility index (Phi) is 3.39. The summed E-state index contributed by atoms with van der Waals surface area (Å²) in [5.74, 6) is -0.702. The van der Waals surface area contributed by atoms with Crippen molar-refractivity contribution in [3.8, 4) is 5.75 Å². The predicted octanol–water partition coefficient (Wildman–Crippen LogP) is 2.41. The smallest absolute Gasteiger partial charge is 0.327 e. The van der Waals surface area contributed by atoms with Crippen LogP contribution >= 0.6 is 11.3 Å². The Morgan fingerprint density at radius 1 is 1.38 bits per heavy atom. The number of hydrogen-bond acceptors (Lipinski definition) is 4. The fraction of sp³-hybridized carbons (Fsp3) is 0.200. The lowest BCUT2D eigenvalue weighted by Gasteiger charge is -2.21. The van der Waals surface area contributed by atoms with Gasteiger partial charge in [-0.05, 0) is 11.6 Å². The van der Waals surface area contributed by atoms with E-state index < -0.39 is 12.0 Å². The van der Waals surface area contributed by atoms with Gasteiger partial charge in [0.1, 0.15) is 11.8 Å². The molecule has 0 saturated heterocycles. The van der Waals surface area contributed by atoms with Crippen molar-refractivity contribution in [2.24, 2.45) is 0 Å². The van der Waals surface area contributed by atoms with Gasteiger partial charge in [-0.1, -0.05) is 18.2 Å². The van der Waals surface area contributed by atoms with Crippen LogP contribution in [0, 0.1) is 0 Å². The number of ether oxygens (including phenoxy) is 1. The first-order chi connectivity index (χ1) is 10.1. The van der Waals surface area contributed by atoms with Crippen molar-refractivity contribution in [2.75, 3.05) is 12.0 Å². The van der Waals surface area contributed by atoms with Gasteiger partial charge in [0.15, 0.2) is 0 Å². The van der Waals surface area contributed by atoms with Crippen molar-refractivity contribution in [3.05, 3.63) is 46.2 Å². The van der Waals surface area contributed by atoms with Crippen LogP contribution in [0.2, 0.25) is 0 Å². The normalized spacial score (nSPS) is 16.6. The first-order valence-corrected chi connectivity index (χ1v) is 7.26. The van der Waals surface area contributed by atoms with Crippen molar-refractivity contribution in [1.82, 2.24) is 0 Å². The van der Waals surface area contributed by atoms with Crippen molar-refractivity contribution in [1.29, 1.82) is 0 Å². The third kappa shape index (κ3) is 2.27. The predicted molar refractivity (Wildman–Crippen MR) is 79.3 cm³/mol. The highest BCUT2D eigenvalue weighted by molar-refractivity contribution is 7.12. The van der Waals surface area contributed by atoms with E-state index in [4.69, 9.17) is 4.74 Å². The SMILES string of the molecule is COc1csc(C(=O)N2c3ccccc3CC2C(=O)O)c1. The molecule has 0 fully saturated rings. The fourth-order valence-corrected chi connectivity index (χ4v) is 3.28. The first-order valence-electron chi connectivity index (χ1n) is 6.38. The highest BCUT2D eigenvalue weighted by atomic mass is 32.1. The first kappa shape index (κ1) is 13.6. The third-order valence-electron chi connectivity index (χ3n) is 3.50. The van der Waals surface area contributed by atoms with Gasteiger partial charge in [-0.15, -0.1) is 11.3 Å². The van der Waals surface area contributed by atoms with Gasteiger partial charge in [0, 0.05) is 23.6 Å². The largest absolute Gasteiger partial charge is 0.496 e. The zero-order valence-corrected chi connectivity index (χ0v) is 12.1. The number of thiophene rings is 1. The molecule has 6 heteroatoms. The Hall–Kier alpha value is -2.34. The maximum Gasteiger partial charge on any atom is 0.327 e. The lowest BCUT2D eigenvalue weighted by atomic mass is 10.1. The minimum atomic E-state index is -0.997. The number of methoxy groups -OCH3 is 1. The number of amides is 1. The van der Waals surface area contributed by atoms with E-state index >= 15 is 0 Å². The average molecular weight is 303 g/mol. The van der Waals surface area contributed by atoms with E-state index in [0.29, 0.717) is 22.7 Å². The molecule has 1 unspecified atom stereocenters. The van der Waals surface area contributed by atoms with Gasteiger partial charge in [0.05, 0.1) is 12.0 Å². The molecule has 2 heterocycles. The number of nitrogens with zero attached hydrogens (tertiary/aromatic N) is 1. The van der Waals surface area contributed by atoms with Crippen LogP contribution in [0.1, 0.15) is 15.2 Å².